The van der Waals surface area contributed by atoms with Gasteiger partial charge in [0.2, 0.25) is 5.95 Å². The molecule has 0 spiro atoms. The van der Waals surface area contributed by atoms with Crippen molar-refractivity contribution in [2.45, 2.75) is 51.0 Å². The second-order valence-electron chi connectivity index (χ2n) is 10.1. The molecule has 3 aliphatic rings. The van der Waals surface area contributed by atoms with Gasteiger partial charge < -0.3 is 24.6 Å². The Kier molecular flexibility index (Phi) is 5.97. The van der Waals surface area contributed by atoms with E-state index in [1.54, 1.807) is 13.1 Å². The predicted molar refractivity (Wildman–Crippen MR) is 138 cm³/mol. The summed E-state index contributed by atoms with van der Waals surface area (Å²) in [6.45, 7) is 7.09. The summed E-state index contributed by atoms with van der Waals surface area (Å²) < 4.78 is 11.8. The maximum atomic E-state index is 12.2. The number of hydrogen-bond donors (Lipinski definition) is 1. The highest BCUT2D eigenvalue weighted by molar-refractivity contribution is 5.95. The summed E-state index contributed by atoms with van der Waals surface area (Å²) in [6, 6.07) is 12.2. The number of nitrogens with zero attached hydrogens (tertiary/aromatic N) is 5. The van der Waals surface area contributed by atoms with Crippen LogP contribution in [0.25, 0.3) is 22.3 Å². The topological polar surface area (TPSA) is 92.7 Å². The molecule has 5 heterocycles. The Morgan fingerprint density at radius 3 is 2.47 bits per heavy atom. The number of fused-ring (bicyclic) bond motifs is 3. The second kappa shape index (κ2) is 9.29. The highest BCUT2D eigenvalue weighted by atomic mass is 16.5. The molecule has 3 aromatic rings. The fraction of sp³-hybridized carbons (Fsp3) is 0.481. The zero-order valence-electron chi connectivity index (χ0n) is 21.0. The van der Waals surface area contributed by atoms with Crippen molar-refractivity contribution >= 4 is 28.7 Å². The molecule has 9 heteroatoms. The van der Waals surface area contributed by atoms with Crippen LogP contribution in [0.15, 0.2) is 36.4 Å². The summed E-state index contributed by atoms with van der Waals surface area (Å²) >= 11 is 0. The second-order valence-corrected chi connectivity index (χ2v) is 10.1. The third kappa shape index (κ3) is 4.16. The van der Waals surface area contributed by atoms with Crippen molar-refractivity contribution in [1.82, 2.24) is 20.3 Å². The van der Waals surface area contributed by atoms with Crippen LogP contribution in [0.1, 0.15) is 37.0 Å². The van der Waals surface area contributed by atoms with Gasteiger partial charge in [0.05, 0.1) is 48.6 Å². The van der Waals surface area contributed by atoms with Gasteiger partial charge in [-0.3, -0.25) is 4.79 Å². The van der Waals surface area contributed by atoms with Crippen LogP contribution in [-0.2, 0) is 9.47 Å². The third-order valence-corrected chi connectivity index (χ3v) is 7.36. The fourth-order valence-electron chi connectivity index (χ4n) is 5.76. The summed E-state index contributed by atoms with van der Waals surface area (Å²) in [5.41, 5.74) is 2.91. The van der Waals surface area contributed by atoms with E-state index in [2.05, 4.69) is 35.0 Å². The zero-order valence-corrected chi connectivity index (χ0v) is 21.0. The lowest BCUT2D eigenvalue weighted by molar-refractivity contribution is -0.00570. The Hall–Kier alpha value is -3.30. The number of carbonyl (C=O) groups is 1. The Balaban J connectivity index is 1.47. The molecule has 2 aromatic heterocycles. The molecule has 9 nitrogen and oxygen atoms in total. The Morgan fingerprint density at radius 1 is 1.00 bits per heavy atom. The van der Waals surface area contributed by atoms with Crippen LogP contribution in [0, 0.1) is 0 Å². The quantitative estimate of drug-likeness (QED) is 0.599. The van der Waals surface area contributed by atoms with E-state index in [-0.39, 0.29) is 18.1 Å². The molecule has 1 amide bonds. The van der Waals surface area contributed by atoms with Gasteiger partial charge in [-0.2, -0.15) is 9.97 Å². The number of benzene rings is 1. The van der Waals surface area contributed by atoms with Crippen molar-refractivity contribution in [3.05, 3.63) is 42.0 Å². The van der Waals surface area contributed by atoms with Gasteiger partial charge in [0.1, 0.15) is 5.82 Å². The molecular formula is C27H32N6O3. The van der Waals surface area contributed by atoms with Crippen LogP contribution in [0.5, 0.6) is 0 Å². The molecule has 0 saturated carbocycles. The summed E-state index contributed by atoms with van der Waals surface area (Å²) in [6.07, 6.45) is 2.41. The van der Waals surface area contributed by atoms with Gasteiger partial charge in [0, 0.05) is 31.3 Å². The molecule has 36 heavy (non-hydrogen) atoms. The fourth-order valence-corrected chi connectivity index (χ4v) is 5.76. The lowest BCUT2D eigenvalue weighted by atomic mass is 10.1. The van der Waals surface area contributed by atoms with Gasteiger partial charge >= 0.3 is 0 Å². The lowest BCUT2D eigenvalue weighted by Gasteiger charge is -2.38. The number of hydrogen-bond acceptors (Lipinski definition) is 8. The van der Waals surface area contributed by atoms with Crippen LogP contribution in [0.2, 0.25) is 0 Å². The van der Waals surface area contributed by atoms with Crippen LogP contribution >= 0.6 is 0 Å². The Bertz CT molecular complexity index is 1270. The minimum Gasteiger partial charge on any atom is -0.377 e. The molecule has 2 bridgehead atoms. The summed E-state index contributed by atoms with van der Waals surface area (Å²) in [5.74, 6) is 1.51. The minimum atomic E-state index is -0.122. The van der Waals surface area contributed by atoms with Gasteiger partial charge in [-0.1, -0.05) is 12.1 Å². The molecule has 1 aromatic carbocycles. The van der Waals surface area contributed by atoms with Gasteiger partial charge in [-0.05, 0) is 51.0 Å². The average molecular weight is 489 g/mol. The average Bonchev–Trinajstić information content (AvgIpc) is 3.13. The molecule has 3 fully saturated rings. The third-order valence-electron chi connectivity index (χ3n) is 7.36. The molecule has 0 radical (unpaired) electrons. The number of carbonyl (C=O) groups excluding carboxylic acids is 1. The first-order chi connectivity index (χ1) is 17.5. The van der Waals surface area contributed by atoms with E-state index in [0.717, 1.165) is 61.6 Å². The molecular weight excluding hydrogens is 456 g/mol. The van der Waals surface area contributed by atoms with Gasteiger partial charge in [0.25, 0.3) is 5.91 Å². The number of ether oxygens (including phenoxy) is 2. The number of amides is 1. The molecule has 4 unspecified atom stereocenters. The van der Waals surface area contributed by atoms with Crippen molar-refractivity contribution in [2.75, 3.05) is 43.2 Å². The van der Waals surface area contributed by atoms with E-state index in [1.807, 2.05) is 24.3 Å². The Morgan fingerprint density at radius 2 is 1.75 bits per heavy atom. The summed E-state index contributed by atoms with van der Waals surface area (Å²) in [5, 5.41) is 3.63. The van der Waals surface area contributed by atoms with E-state index in [1.165, 1.54) is 0 Å². The smallest absolute Gasteiger partial charge is 0.251 e. The van der Waals surface area contributed by atoms with E-state index < -0.39 is 0 Å². The number of morpholine rings is 2. The van der Waals surface area contributed by atoms with Gasteiger partial charge in [0.15, 0.2) is 5.65 Å². The van der Waals surface area contributed by atoms with Crippen molar-refractivity contribution in [1.29, 1.82) is 0 Å². The maximum absolute atomic E-state index is 12.2. The normalized spacial score (nSPS) is 25.9. The highest BCUT2D eigenvalue weighted by Gasteiger charge is 2.39. The standard InChI is InChI=1S/C27H32N6O3/c1-16-12-32(13-17(2)36-16)27-30-24-22(25(31-27)33-20-7-8-21(33)15-35-14-20)9-10-23(29-24)18-5-4-6-19(11-18)26(34)28-3/h4-6,9-11,16-17,20-21H,7-8,12-15H2,1-3H3,(H,28,34). The molecule has 3 saturated heterocycles. The molecule has 3 aliphatic heterocycles. The number of rotatable bonds is 4. The molecule has 1 N–H and O–H groups in total. The van der Waals surface area contributed by atoms with E-state index >= 15 is 0 Å². The van der Waals surface area contributed by atoms with E-state index in [9.17, 15) is 4.79 Å². The van der Waals surface area contributed by atoms with Gasteiger partial charge in [-0.15, -0.1) is 0 Å². The summed E-state index contributed by atoms with van der Waals surface area (Å²) in [7, 11) is 1.63. The highest BCUT2D eigenvalue weighted by Crippen LogP contribution is 2.38. The van der Waals surface area contributed by atoms with Crippen LogP contribution < -0.4 is 15.1 Å². The van der Waals surface area contributed by atoms with E-state index in [0.29, 0.717) is 29.2 Å². The Labute approximate surface area is 210 Å². The van der Waals surface area contributed by atoms with Crippen LogP contribution in [0.3, 0.4) is 0 Å². The molecule has 0 aliphatic carbocycles. The van der Waals surface area contributed by atoms with Crippen molar-refractivity contribution in [3.8, 4) is 11.3 Å². The SMILES string of the molecule is CNC(=O)c1cccc(-c2ccc3c(N4C5CCC4COC5)nc(N4CC(C)OC(C)C4)nc3n2)c1. The predicted octanol–water partition coefficient (Wildman–Crippen LogP) is 3.03. The van der Waals surface area contributed by atoms with Gasteiger partial charge in [-0.25, -0.2) is 4.98 Å². The first-order valence-corrected chi connectivity index (χ1v) is 12.8. The summed E-state index contributed by atoms with van der Waals surface area (Å²) in [4.78, 5) is 31.9. The molecule has 4 atom stereocenters. The first-order valence-electron chi connectivity index (χ1n) is 12.8. The zero-order chi connectivity index (χ0) is 24.8. The number of pyridine rings is 1. The van der Waals surface area contributed by atoms with E-state index in [4.69, 9.17) is 24.4 Å². The van der Waals surface area contributed by atoms with Crippen molar-refractivity contribution in [3.63, 3.8) is 0 Å². The number of nitrogens with one attached hydrogen (secondary N) is 1. The number of aromatic nitrogens is 3. The number of anilines is 2. The van der Waals surface area contributed by atoms with Crippen LogP contribution in [-0.4, -0.2) is 78.5 Å². The van der Waals surface area contributed by atoms with Crippen LogP contribution in [0.4, 0.5) is 11.8 Å². The largest absolute Gasteiger partial charge is 0.377 e. The monoisotopic (exact) mass is 488 g/mol. The molecule has 188 valence electrons. The van der Waals surface area contributed by atoms with Crippen molar-refractivity contribution in [2.24, 2.45) is 0 Å². The lowest BCUT2D eigenvalue weighted by Crippen LogP contribution is -2.48. The maximum Gasteiger partial charge on any atom is 0.251 e. The van der Waals surface area contributed by atoms with Crippen molar-refractivity contribution < 1.29 is 14.3 Å². The first kappa shape index (κ1) is 23.1. The minimum absolute atomic E-state index is 0.0998. The molecule has 6 rings (SSSR count).